The summed E-state index contributed by atoms with van der Waals surface area (Å²) in [7, 11) is -3.84. The zero-order valence-corrected chi connectivity index (χ0v) is 18.0. The number of rotatable bonds is 5. The standard InChI is InChI=1S/C16H31BrN2O4S/c1-15(2,3)13-12-18(11-9-7-8-10-17)24(21,22)19(13)14(20)23-16(4,5)6/h13H,7-12H2,1-6H3. The fraction of sp³-hybridized carbons (Fsp3) is 0.938. The lowest BCUT2D eigenvalue weighted by Gasteiger charge is -2.33. The molecule has 1 saturated heterocycles. The summed E-state index contributed by atoms with van der Waals surface area (Å²) in [5.74, 6) is 0. The van der Waals surface area contributed by atoms with Crippen LogP contribution in [0.1, 0.15) is 60.8 Å². The van der Waals surface area contributed by atoms with Crippen LogP contribution in [0.2, 0.25) is 0 Å². The summed E-state index contributed by atoms with van der Waals surface area (Å²) >= 11 is 3.38. The molecule has 1 atom stereocenters. The van der Waals surface area contributed by atoms with Crippen LogP contribution < -0.4 is 0 Å². The number of unbranched alkanes of at least 4 members (excludes halogenated alkanes) is 2. The van der Waals surface area contributed by atoms with Crippen LogP contribution in [0.4, 0.5) is 4.79 Å². The molecule has 0 spiro atoms. The highest BCUT2D eigenvalue weighted by molar-refractivity contribution is 9.09. The lowest BCUT2D eigenvalue weighted by Crippen LogP contribution is -2.48. The van der Waals surface area contributed by atoms with Crippen molar-refractivity contribution in [3.8, 4) is 0 Å². The van der Waals surface area contributed by atoms with Crippen LogP contribution >= 0.6 is 15.9 Å². The minimum absolute atomic E-state index is 0.319. The maximum Gasteiger partial charge on any atom is 0.425 e. The van der Waals surface area contributed by atoms with Crippen molar-refractivity contribution in [3.63, 3.8) is 0 Å². The zero-order valence-electron chi connectivity index (χ0n) is 15.6. The minimum atomic E-state index is -3.84. The lowest BCUT2D eigenvalue weighted by molar-refractivity contribution is 0.0283. The average Bonchev–Trinajstić information content (AvgIpc) is 2.64. The summed E-state index contributed by atoms with van der Waals surface area (Å²) in [4.78, 5) is 12.5. The smallest absolute Gasteiger partial charge is 0.425 e. The second-order valence-corrected chi connectivity index (χ2v) is 10.9. The van der Waals surface area contributed by atoms with E-state index in [-0.39, 0.29) is 5.41 Å². The van der Waals surface area contributed by atoms with Crippen LogP contribution in [0.25, 0.3) is 0 Å². The first kappa shape index (κ1) is 21.7. The lowest BCUT2D eigenvalue weighted by atomic mass is 9.86. The number of hydrogen-bond acceptors (Lipinski definition) is 4. The molecule has 8 heteroatoms. The third-order valence-electron chi connectivity index (χ3n) is 3.85. The van der Waals surface area contributed by atoms with E-state index in [0.717, 1.165) is 28.9 Å². The van der Waals surface area contributed by atoms with Gasteiger partial charge in [-0.1, -0.05) is 43.1 Å². The van der Waals surface area contributed by atoms with Gasteiger partial charge >= 0.3 is 16.3 Å². The van der Waals surface area contributed by atoms with E-state index in [1.807, 2.05) is 20.8 Å². The largest absolute Gasteiger partial charge is 0.443 e. The quantitative estimate of drug-likeness (QED) is 0.495. The van der Waals surface area contributed by atoms with Gasteiger partial charge in [0, 0.05) is 18.4 Å². The molecule has 6 nitrogen and oxygen atoms in total. The van der Waals surface area contributed by atoms with E-state index >= 15 is 0 Å². The summed E-state index contributed by atoms with van der Waals surface area (Å²) in [5, 5.41) is 0.911. The molecule has 142 valence electrons. The van der Waals surface area contributed by atoms with Crippen molar-refractivity contribution < 1.29 is 17.9 Å². The number of carbonyl (C=O) groups is 1. The van der Waals surface area contributed by atoms with Crippen molar-refractivity contribution in [3.05, 3.63) is 0 Å². The van der Waals surface area contributed by atoms with Gasteiger partial charge in [-0.2, -0.15) is 17.0 Å². The molecule has 1 amide bonds. The predicted molar refractivity (Wildman–Crippen MR) is 99.5 cm³/mol. The Morgan fingerprint density at radius 2 is 1.71 bits per heavy atom. The van der Waals surface area contributed by atoms with Gasteiger partial charge in [0.05, 0.1) is 6.04 Å². The monoisotopic (exact) mass is 426 g/mol. The van der Waals surface area contributed by atoms with E-state index in [0.29, 0.717) is 13.1 Å². The molecule has 0 aromatic heterocycles. The van der Waals surface area contributed by atoms with E-state index in [1.165, 1.54) is 4.31 Å². The first-order chi connectivity index (χ1) is 10.8. The molecule has 1 unspecified atom stereocenters. The second kappa shape index (κ2) is 7.91. The van der Waals surface area contributed by atoms with Gasteiger partial charge < -0.3 is 4.74 Å². The Morgan fingerprint density at radius 1 is 1.12 bits per heavy atom. The van der Waals surface area contributed by atoms with Gasteiger partial charge in [0.25, 0.3) is 0 Å². The number of nitrogens with zero attached hydrogens (tertiary/aromatic N) is 2. The highest BCUT2D eigenvalue weighted by Crippen LogP contribution is 2.35. The van der Waals surface area contributed by atoms with E-state index in [4.69, 9.17) is 4.74 Å². The van der Waals surface area contributed by atoms with E-state index in [1.54, 1.807) is 20.8 Å². The summed E-state index contributed by atoms with van der Waals surface area (Å²) in [6.07, 6.45) is 1.95. The second-order valence-electron chi connectivity index (χ2n) is 8.27. The molecule has 1 heterocycles. The molecule has 0 bridgehead atoms. The normalized spacial score (nSPS) is 22.0. The van der Waals surface area contributed by atoms with Gasteiger partial charge in [0.1, 0.15) is 5.60 Å². The number of amides is 1. The van der Waals surface area contributed by atoms with E-state index in [9.17, 15) is 13.2 Å². The summed E-state index contributed by atoms with van der Waals surface area (Å²) in [6.45, 7) is 11.8. The molecule has 1 fully saturated rings. The summed E-state index contributed by atoms with van der Waals surface area (Å²) < 4.78 is 33.5. The van der Waals surface area contributed by atoms with Crippen LogP contribution in [0.15, 0.2) is 0 Å². The minimum Gasteiger partial charge on any atom is -0.443 e. The van der Waals surface area contributed by atoms with Crippen molar-refractivity contribution in [2.24, 2.45) is 5.41 Å². The van der Waals surface area contributed by atoms with Gasteiger partial charge in [-0.3, -0.25) is 0 Å². The van der Waals surface area contributed by atoms with Crippen molar-refractivity contribution in [1.29, 1.82) is 0 Å². The van der Waals surface area contributed by atoms with Crippen LogP contribution in [-0.2, 0) is 14.9 Å². The molecule has 0 aliphatic carbocycles. The molecule has 24 heavy (non-hydrogen) atoms. The Morgan fingerprint density at radius 3 is 2.17 bits per heavy atom. The first-order valence-corrected chi connectivity index (χ1v) is 10.9. The molecule has 0 saturated carbocycles. The molecule has 0 N–H and O–H groups in total. The molecular weight excluding hydrogens is 396 g/mol. The highest BCUT2D eigenvalue weighted by atomic mass is 79.9. The Bertz CT molecular complexity index is 537. The fourth-order valence-electron chi connectivity index (χ4n) is 2.57. The molecule has 0 aromatic carbocycles. The van der Waals surface area contributed by atoms with Gasteiger partial charge in [0.15, 0.2) is 0 Å². The Kier molecular flexibility index (Phi) is 7.15. The molecule has 0 radical (unpaired) electrons. The summed E-state index contributed by atoms with van der Waals surface area (Å²) in [5.41, 5.74) is -1.10. The third-order valence-corrected chi connectivity index (χ3v) is 6.29. The fourth-order valence-corrected chi connectivity index (χ4v) is 4.83. The topological polar surface area (TPSA) is 66.9 Å². The van der Waals surface area contributed by atoms with Gasteiger partial charge in [-0.25, -0.2) is 4.79 Å². The maximum atomic E-state index is 12.9. The molecule has 1 aliphatic heterocycles. The Balaban J connectivity index is 3.01. The number of alkyl halides is 1. The number of ether oxygens (including phenoxy) is 1. The molecule has 1 aliphatic rings. The van der Waals surface area contributed by atoms with Crippen LogP contribution in [0, 0.1) is 5.41 Å². The first-order valence-electron chi connectivity index (χ1n) is 8.39. The summed E-state index contributed by atoms with van der Waals surface area (Å²) in [6, 6.07) is -0.437. The zero-order chi connectivity index (χ0) is 18.8. The van der Waals surface area contributed by atoms with E-state index < -0.39 is 27.9 Å². The number of carbonyl (C=O) groups excluding carboxylic acids is 1. The van der Waals surface area contributed by atoms with Gasteiger partial charge in [-0.05, 0) is 39.0 Å². The van der Waals surface area contributed by atoms with Crippen LogP contribution in [0.5, 0.6) is 0 Å². The molecule has 1 rings (SSSR count). The Labute approximate surface area is 155 Å². The van der Waals surface area contributed by atoms with Crippen molar-refractivity contribution in [2.75, 3.05) is 18.4 Å². The third kappa shape index (κ3) is 5.59. The number of hydrogen-bond donors (Lipinski definition) is 0. The molecular formula is C16H31BrN2O4S. The van der Waals surface area contributed by atoms with E-state index in [2.05, 4.69) is 15.9 Å². The van der Waals surface area contributed by atoms with Crippen molar-refractivity contribution in [2.45, 2.75) is 72.4 Å². The van der Waals surface area contributed by atoms with Crippen LogP contribution in [-0.4, -0.2) is 53.2 Å². The Hall–Kier alpha value is -0.340. The molecule has 0 aromatic rings. The maximum absolute atomic E-state index is 12.9. The number of halogens is 1. The predicted octanol–water partition coefficient (Wildman–Crippen LogP) is 3.76. The van der Waals surface area contributed by atoms with Crippen molar-refractivity contribution in [1.82, 2.24) is 8.61 Å². The van der Waals surface area contributed by atoms with Crippen molar-refractivity contribution >= 4 is 32.2 Å². The van der Waals surface area contributed by atoms with Gasteiger partial charge in [-0.15, -0.1) is 0 Å². The average molecular weight is 427 g/mol. The van der Waals surface area contributed by atoms with Crippen LogP contribution in [0.3, 0.4) is 0 Å². The highest BCUT2D eigenvalue weighted by Gasteiger charge is 2.52. The SMILES string of the molecule is CC(C)(C)OC(=O)N1C(C(C)(C)C)CN(CCCCCBr)S1(=O)=O. The van der Waals surface area contributed by atoms with Gasteiger partial charge in [0.2, 0.25) is 0 Å².